The number of imidazole rings is 1. The zero-order chi connectivity index (χ0) is 21.2. The molecule has 0 unspecified atom stereocenters. The Hall–Kier alpha value is -2.45. The molecule has 0 aliphatic carbocycles. The summed E-state index contributed by atoms with van der Waals surface area (Å²) < 4.78 is 2.40. The van der Waals surface area contributed by atoms with Gasteiger partial charge in [-0.2, -0.15) is 5.10 Å². The largest absolute Gasteiger partial charge is 0.389 e. The SMILES string of the molecule is CCCNC(=O)c1ccc(-c2cnc3c(NCC(C)(C)O)cc(Br)nn23)cc1C. The number of carbonyl (C=O) groups excluding carboxylic acids is 1. The van der Waals surface area contributed by atoms with Crippen molar-refractivity contribution in [3.63, 3.8) is 0 Å². The lowest BCUT2D eigenvalue weighted by Gasteiger charge is -2.19. The van der Waals surface area contributed by atoms with Gasteiger partial charge in [0.15, 0.2) is 5.65 Å². The highest BCUT2D eigenvalue weighted by molar-refractivity contribution is 9.10. The predicted octanol–water partition coefficient (Wildman–Crippen LogP) is 3.79. The van der Waals surface area contributed by atoms with Gasteiger partial charge in [-0.3, -0.25) is 4.79 Å². The number of fused-ring (bicyclic) bond motifs is 1. The van der Waals surface area contributed by atoms with Crippen molar-refractivity contribution in [2.45, 2.75) is 39.7 Å². The van der Waals surface area contributed by atoms with Crippen molar-refractivity contribution in [3.8, 4) is 11.3 Å². The fourth-order valence-corrected chi connectivity index (χ4v) is 3.38. The zero-order valence-electron chi connectivity index (χ0n) is 17.1. The second-order valence-corrected chi connectivity index (χ2v) is 8.52. The number of halogens is 1. The maximum absolute atomic E-state index is 12.3. The van der Waals surface area contributed by atoms with Gasteiger partial charge in [0, 0.05) is 24.2 Å². The van der Waals surface area contributed by atoms with Crippen molar-refractivity contribution in [3.05, 3.63) is 46.2 Å². The number of anilines is 1. The average molecular weight is 460 g/mol. The van der Waals surface area contributed by atoms with Crippen molar-refractivity contribution >= 4 is 33.2 Å². The van der Waals surface area contributed by atoms with Crippen molar-refractivity contribution in [1.29, 1.82) is 0 Å². The van der Waals surface area contributed by atoms with Crippen LogP contribution in [-0.4, -0.2) is 44.3 Å². The van der Waals surface area contributed by atoms with E-state index in [1.54, 1.807) is 24.6 Å². The van der Waals surface area contributed by atoms with Gasteiger partial charge in [-0.1, -0.05) is 13.0 Å². The smallest absolute Gasteiger partial charge is 0.251 e. The second kappa shape index (κ2) is 8.51. The summed E-state index contributed by atoms with van der Waals surface area (Å²) >= 11 is 3.45. The molecule has 0 spiro atoms. The van der Waals surface area contributed by atoms with Gasteiger partial charge < -0.3 is 15.7 Å². The summed E-state index contributed by atoms with van der Waals surface area (Å²) in [6, 6.07) is 7.55. The molecule has 0 bridgehead atoms. The van der Waals surface area contributed by atoms with Gasteiger partial charge in [0.2, 0.25) is 0 Å². The van der Waals surface area contributed by atoms with Crippen LogP contribution in [0.15, 0.2) is 35.1 Å². The van der Waals surface area contributed by atoms with Gasteiger partial charge in [0.05, 0.1) is 23.2 Å². The van der Waals surface area contributed by atoms with Crippen molar-refractivity contribution in [1.82, 2.24) is 19.9 Å². The summed E-state index contributed by atoms with van der Waals surface area (Å²) in [4.78, 5) is 16.8. The molecule has 0 saturated heterocycles. The van der Waals surface area contributed by atoms with Gasteiger partial charge in [-0.25, -0.2) is 9.50 Å². The topological polar surface area (TPSA) is 91.5 Å². The third kappa shape index (κ3) is 4.94. The number of rotatable bonds is 7. The van der Waals surface area contributed by atoms with Crippen LogP contribution < -0.4 is 10.6 Å². The minimum atomic E-state index is -0.854. The molecule has 0 atom stereocenters. The molecule has 7 nitrogen and oxygen atoms in total. The molecule has 1 amide bonds. The molecule has 8 heteroatoms. The van der Waals surface area contributed by atoms with Crippen LogP contribution in [0.1, 0.15) is 43.1 Å². The van der Waals surface area contributed by atoms with E-state index in [9.17, 15) is 9.90 Å². The molecule has 3 N–H and O–H groups in total. The first-order chi connectivity index (χ1) is 13.7. The van der Waals surface area contributed by atoms with E-state index in [1.165, 1.54) is 0 Å². The Kier molecular flexibility index (Phi) is 6.24. The number of amides is 1. The van der Waals surface area contributed by atoms with E-state index in [0.717, 1.165) is 28.9 Å². The molecule has 3 aromatic rings. The van der Waals surface area contributed by atoms with Crippen LogP contribution in [0, 0.1) is 6.92 Å². The van der Waals surface area contributed by atoms with Crippen LogP contribution in [-0.2, 0) is 0 Å². The summed E-state index contributed by atoms with van der Waals surface area (Å²) in [6.07, 6.45) is 2.66. The van der Waals surface area contributed by atoms with Crippen molar-refractivity contribution < 1.29 is 9.90 Å². The molecule has 0 fully saturated rings. The van der Waals surface area contributed by atoms with Crippen LogP contribution in [0.2, 0.25) is 0 Å². The molecular weight excluding hydrogens is 434 g/mol. The molecule has 29 heavy (non-hydrogen) atoms. The first-order valence-corrected chi connectivity index (χ1v) is 10.4. The van der Waals surface area contributed by atoms with Gasteiger partial charge in [-0.15, -0.1) is 0 Å². The zero-order valence-corrected chi connectivity index (χ0v) is 18.7. The summed E-state index contributed by atoms with van der Waals surface area (Å²) in [5.41, 5.74) is 3.87. The van der Waals surface area contributed by atoms with Crippen molar-refractivity contribution in [2.24, 2.45) is 0 Å². The molecule has 0 aliphatic rings. The molecule has 0 radical (unpaired) electrons. The predicted molar refractivity (Wildman–Crippen MR) is 118 cm³/mol. The molecule has 2 heterocycles. The lowest BCUT2D eigenvalue weighted by Crippen LogP contribution is -2.29. The standard InChI is InChI=1S/C21H26BrN5O2/c1-5-8-23-20(28)15-7-6-14(9-13(15)2)17-11-24-19-16(25-12-21(3,4)29)10-18(22)26-27(17)19/h6-7,9-11,25,29H,5,8,12H2,1-4H3,(H,23,28). The number of benzene rings is 1. The maximum atomic E-state index is 12.3. The minimum absolute atomic E-state index is 0.0620. The number of hydrogen-bond acceptors (Lipinski definition) is 5. The molecule has 3 rings (SSSR count). The number of carbonyl (C=O) groups is 1. The lowest BCUT2D eigenvalue weighted by molar-refractivity contribution is 0.0941. The molecule has 154 valence electrons. The summed E-state index contributed by atoms with van der Waals surface area (Å²) in [6.45, 7) is 8.47. The first kappa shape index (κ1) is 21.3. The number of aromatic nitrogens is 3. The third-order valence-electron chi connectivity index (χ3n) is 4.45. The van der Waals surface area contributed by atoms with Gasteiger partial charge in [0.1, 0.15) is 4.60 Å². The van der Waals surface area contributed by atoms with E-state index >= 15 is 0 Å². The molecule has 1 aromatic carbocycles. The lowest BCUT2D eigenvalue weighted by atomic mass is 10.0. The quantitative estimate of drug-likeness (QED) is 0.499. The normalized spacial score (nSPS) is 11.7. The van der Waals surface area contributed by atoms with E-state index in [-0.39, 0.29) is 5.91 Å². The van der Waals surface area contributed by atoms with E-state index in [2.05, 4.69) is 36.6 Å². The highest BCUT2D eigenvalue weighted by Gasteiger charge is 2.17. The molecule has 2 aromatic heterocycles. The van der Waals surface area contributed by atoms with Crippen molar-refractivity contribution in [2.75, 3.05) is 18.4 Å². The fourth-order valence-electron chi connectivity index (χ4n) is 2.99. The molecular formula is C21H26BrN5O2. The van der Waals surface area contributed by atoms with Crippen LogP contribution in [0.5, 0.6) is 0 Å². The number of nitrogens with zero attached hydrogens (tertiary/aromatic N) is 3. The Morgan fingerprint density at radius 1 is 1.31 bits per heavy atom. The van der Waals surface area contributed by atoms with Crippen LogP contribution in [0.25, 0.3) is 16.9 Å². The molecule has 0 saturated carbocycles. The fraction of sp³-hybridized carbons (Fsp3) is 0.381. The Bertz CT molecular complexity index is 1040. The highest BCUT2D eigenvalue weighted by atomic mass is 79.9. The van der Waals surface area contributed by atoms with Gasteiger partial charge in [-0.05, 0) is 66.9 Å². The van der Waals surface area contributed by atoms with E-state index < -0.39 is 5.60 Å². The Labute approximate surface area is 178 Å². The summed E-state index contributed by atoms with van der Waals surface area (Å²) in [7, 11) is 0. The van der Waals surface area contributed by atoms with E-state index in [0.29, 0.717) is 28.9 Å². The maximum Gasteiger partial charge on any atom is 0.251 e. The first-order valence-electron chi connectivity index (χ1n) is 9.59. The van der Waals surface area contributed by atoms with Crippen LogP contribution >= 0.6 is 15.9 Å². The van der Waals surface area contributed by atoms with Gasteiger partial charge in [0.25, 0.3) is 5.91 Å². The van der Waals surface area contributed by atoms with E-state index in [1.807, 2.05) is 38.1 Å². The molecule has 0 aliphatic heterocycles. The minimum Gasteiger partial charge on any atom is -0.389 e. The third-order valence-corrected chi connectivity index (χ3v) is 4.84. The Balaban J connectivity index is 1.97. The average Bonchev–Trinajstić information content (AvgIpc) is 3.07. The summed E-state index contributed by atoms with van der Waals surface area (Å²) in [5, 5.41) is 20.7. The highest BCUT2D eigenvalue weighted by Crippen LogP contribution is 2.27. The Morgan fingerprint density at radius 3 is 2.72 bits per heavy atom. The van der Waals surface area contributed by atoms with Gasteiger partial charge >= 0.3 is 0 Å². The number of nitrogens with one attached hydrogen (secondary N) is 2. The number of aryl methyl sites for hydroxylation is 1. The van der Waals surface area contributed by atoms with E-state index in [4.69, 9.17) is 0 Å². The van der Waals surface area contributed by atoms with Crippen LogP contribution in [0.4, 0.5) is 5.69 Å². The second-order valence-electron chi connectivity index (χ2n) is 7.71. The van der Waals surface area contributed by atoms with Crippen LogP contribution in [0.3, 0.4) is 0 Å². The number of hydrogen-bond donors (Lipinski definition) is 3. The summed E-state index contributed by atoms with van der Waals surface area (Å²) in [5.74, 6) is -0.0620. The monoisotopic (exact) mass is 459 g/mol. The Morgan fingerprint density at radius 2 is 2.07 bits per heavy atom. The number of aliphatic hydroxyl groups is 1.